The quantitative estimate of drug-likeness (QED) is 0.602. The summed E-state index contributed by atoms with van der Waals surface area (Å²) in [7, 11) is 1.70. The van der Waals surface area contributed by atoms with Crippen LogP contribution in [-0.4, -0.2) is 39.6 Å². The summed E-state index contributed by atoms with van der Waals surface area (Å²) in [5, 5.41) is 3.44. The highest BCUT2D eigenvalue weighted by atomic mass is 16.5. The van der Waals surface area contributed by atoms with Crippen molar-refractivity contribution < 1.29 is 14.2 Å². The second-order valence-electron chi connectivity index (χ2n) is 5.32. The molecule has 0 aliphatic carbocycles. The van der Waals surface area contributed by atoms with E-state index in [0.717, 1.165) is 26.2 Å². The van der Waals surface area contributed by atoms with E-state index in [0.29, 0.717) is 25.9 Å². The molecule has 21 heavy (non-hydrogen) atoms. The lowest BCUT2D eigenvalue weighted by Gasteiger charge is -2.13. The number of methoxy groups -OCH3 is 1. The van der Waals surface area contributed by atoms with Gasteiger partial charge in [0.15, 0.2) is 0 Å². The largest absolute Gasteiger partial charge is 0.385 e. The van der Waals surface area contributed by atoms with Crippen LogP contribution in [0, 0.1) is 0 Å². The van der Waals surface area contributed by atoms with Gasteiger partial charge in [-0.3, -0.25) is 0 Å². The van der Waals surface area contributed by atoms with Crippen LogP contribution in [0.3, 0.4) is 0 Å². The molecule has 4 nitrogen and oxygen atoms in total. The minimum Gasteiger partial charge on any atom is -0.385 e. The van der Waals surface area contributed by atoms with E-state index in [-0.39, 0.29) is 0 Å². The lowest BCUT2D eigenvalue weighted by molar-refractivity contribution is 0.0334. The maximum absolute atomic E-state index is 5.69. The van der Waals surface area contributed by atoms with E-state index < -0.39 is 0 Å². The summed E-state index contributed by atoms with van der Waals surface area (Å²) in [6.07, 6.45) is 0.931. The first-order valence-corrected chi connectivity index (χ1v) is 7.68. The van der Waals surface area contributed by atoms with Gasteiger partial charge in [-0.05, 0) is 17.5 Å². The molecule has 0 saturated carbocycles. The van der Waals surface area contributed by atoms with Gasteiger partial charge in [0.25, 0.3) is 0 Å². The third kappa shape index (κ3) is 8.83. The molecular weight excluding hydrogens is 266 g/mol. The zero-order valence-electron chi connectivity index (χ0n) is 13.6. The Hall–Kier alpha value is -0.940. The van der Waals surface area contributed by atoms with Gasteiger partial charge in [-0.25, -0.2) is 0 Å². The van der Waals surface area contributed by atoms with Crippen LogP contribution >= 0.6 is 0 Å². The highest BCUT2D eigenvalue weighted by Gasteiger charge is 2.02. The molecule has 0 atom stereocenters. The van der Waals surface area contributed by atoms with Crippen molar-refractivity contribution in [3.05, 3.63) is 35.4 Å². The first-order valence-electron chi connectivity index (χ1n) is 7.68. The minimum atomic E-state index is 0.486. The van der Waals surface area contributed by atoms with Gasteiger partial charge in [-0.15, -0.1) is 0 Å². The van der Waals surface area contributed by atoms with Crippen molar-refractivity contribution in [1.29, 1.82) is 0 Å². The normalized spacial score (nSPS) is 11.2. The number of hydrogen-bond acceptors (Lipinski definition) is 4. The van der Waals surface area contributed by atoms with Crippen molar-refractivity contribution in [2.75, 3.05) is 33.5 Å². The first kappa shape index (κ1) is 18.1. The highest BCUT2D eigenvalue weighted by Crippen LogP contribution is 2.10. The van der Waals surface area contributed by atoms with E-state index in [1.807, 2.05) is 0 Å². The van der Waals surface area contributed by atoms with E-state index in [1.165, 1.54) is 11.1 Å². The van der Waals surface area contributed by atoms with Crippen molar-refractivity contribution in [2.24, 2.45) is 0 Å². The molecule has 0 saturated heterocycles. The van der Waals surface area contributed by atoms with Crippen LogP contribution in [0.15, 0.2) is 24.3 Å². The molecule has 0 bridgehead atoms. The molecule has 1 aromatic carbocycles. The van der Waals surface area contributed by atoms with E-state index >= 15 is 0 Å². The van der Waals surface area contributed by atoms with Gasteiger partial charge in [-0.2, -0.15) is 0 Å². The maximum Gasteiger partial charge on any atom is 0.0721 e. The monoisotopic (exact) mass is 295 g/mol. The third-order valence-corrected chi connectivity index (χ3v) is 3.09. The summed E-state index contributed by atoms with van der Waals surface area (Å²) in [5.74, 6) is 0. The second kappa shape index (κ2) is 11.7. The average molecular weight is 295 g/mol. The predicted octanol–water partition coefficient (Wildman–Crippen LogP) is 2.75. The Morgan fingerprint density at radius 1 is 0.952 bits per heavy atom. The second-order valence-corrected chi connectivity index (χ2v) is 5.32. The molecule has 1 rings (SSSR count). The van der Waals surface area contributed by atoms with Crippen LogP contribution in [0.1, 0.15) is 31.4 Å². The Balaban J connectivity index is 2.19. The number of ether oxygens (including phenoxy) is 3. The van der Waals surface area contributed by atoms with E-state index in [1.54, 1.807) is 7.11 Å². The summed E-state index contributed by atoms with van der Waals surface area (Å²) in [5.41, 5.74) is 2.54. The molecule has 1 N–H and O–H groups in total. The van der Waals surface area contributed by atoms with Crippen molar-refractivity contribution in [1.82, 2.24) is 5.32 Å². The Kier molecular flexibility index (Phi) is 10.1. The Labute approximate surface area is 128 Å². The van der Waals surface area contributed by atoms with Crippen molar-refractivity contribution in [2.45, 2.75) is 39.5 Å². The molecule has 0 spiro atoms. The van der Waals surface area contributed by atoms with Crippen molar-refractivity contribution in [3.63, 3.8) is 0 Å². The predicted molar refractivity (Wildman–Crippen MR) is 85.4 cm³/mol. The molecule has 0 radical (unpaired) electrons. The van der Waals surface area contributed by atoms with Gasteiger partial charge in [0.1, 0.15) is 0 Å². The number of hydrogen-bond donors (Lipinski definition) is 1. The zero-order chi connectivity index (χ0) is 15.3. The van der Waals surface area contributed by atoms with E-state index in [4.69, 9.17) is 14.2 Å². The summed E-state index contributed by atoms with van der Waals surface area (Å²) in [6.45, 7) is 8.56. The van der Waals surface area contributed by atoms with Crippen LogP contribution < -0.4 is 5.32 Å². The first-order chi connectivity index (χ1) is 10.2. The van der Waals surface area contributed by atoms with Crippen LogP contribution in [0.25, 0.3) is 0 Å². The zero-order valence-corrected chi connectivity index (χ0v) is 13.6. The number of nitrogens with one attached hydrogen (secondary N) is 1. The molecule has 120 valence electrons. The molecule has 0 heterocycles. The van der Waals surface area contributed by atoms with Gasteiger partial charge in [-0.1, -0.05) is 38.1 Å². The fourth-order valence-corrected chi connectivity index (χ4v) is 1.89. The summed E-state index contributed by atoms with van der Waals surface area (Å²) in [6, 6.07) is 8.88. The molecular formula is C17H29NO3. The molecule has 0 aliphatic rings. The van der Waals surface area contributed by atoms with Crippen LogP contribution in [-0.2, 0) is 27.4 Å². The summed E-state index contributed by atoms with van der Waals surface area (Å²) >= 11 is 0. The molecule has 0 aromatic heterocycles. The lowest BCUT2D eigenvalue weighted by Crippen LogP contribution is -2.22. The summed E-state index contributed by atoms with van der Waals surface area (Å²) in [4.78, 5) is 0. The molecule has 4 heteroatoms. The molecule has 0 amide bonds. The third-order valence-electron chi connectivity index (χ3n) is 3.09. The minimum absolute atomic E-state index is 0.486. The van der Waals surface area contributed by atoms with Crippen LogP contribution in [0.2, 0.25) is 0 Å². The molecule has 0 unspecified atom stereocenters. The van der Waals surface area contributed by atoms with E-state index in [9.17, 15) is 0 Å². The molecule has 0 aliphatic heterocycles. The standard InChI is InChI=1S/C17H29NO3/c1-15(2)18-13-16-7-4-5-8-17(16)14-21-12-11-20-10-6-9-19-3/h4-5,7-8,15,18H,6,9-14H2,1-3H3. The van der Waals surface area contributed by atoms with Gasteiger partial charge < -0.3 is 19.5 Å². The van der Waals surface area contributed by atoms with Gasteiger partial charge in [0, 0.05) is 32.9 Å². The van der Waals surface area contributed by atoms with Crippen molar-refractivity contribution in [3.8, 4) is 0 Å². The van der Waals surface area contributed by atoms with Gasteiger partial charge >= 0.3 is 0 Å². The van der Waals surface area contributed by atoms with Crippen molar-refractivity contribution >= 4 is 0 Å². The maximum atomic E-state index is 5.69. The van der Waals surface area contributed by atoms with Crippen LogP contribution in [0.5, 0.6) is 0 Å². The van der Waals surface area contributed by atoms with Gasteiger partial charge in [0.2, 0.25) is 0 Å². The van der Waals surface area contributed by atoms with E-state index in [2.05, 4.69) is 43.4 Å². The molecule has 1 aromatic rings. The fourth-order valence-electron chi connectivity index (χ4n) is 1.89. The Bertz CT molecular complexity index is 369. The Morgan fingerprint density at radius 3 is 2.38 bits per heavy atom. The summed E-state index contributed by atoms with van der Waals surface area (Å²) < 4.78 is 16.1. The van der Waals surface area contributed by atoms with Crippen LogP contribution in [0.4, 0.5) is 0 Å². The lowest BCUT2D eigenvalue weighted by atomic mass is 10.1. The number of rotatable bonds is 12. The Morgan fingerprint density at radius 2 is 1.67 bits per heavy atom. The SMILES string of the molecule is COCCCOCCOCc1ccccc1CNC(C)C. The molecule has 0 fully saturated rings. The highest BCUT2D eigenvalue weighted by molar-refractivity contribution is 5.26. The van der Waals surface area contributed by atoms with Gasteiger partial charge in [0.05, 0.1) is 19.8 Å². The number of benzene rings is 1. The average Bonchev–Trinajstić information content (AvgIpc) is 2.48. The topological polar surface area (TPSA) is 39.7 Å². The fraction of sp³-hybridized carbons (Fsp3) is 0.647. The smallest absolute Gasteiger partial charge is 0.0721 e.